The van der Waals surface area contributed by atoms with Crippen LogP contribution >= 0.6 is 0 Å². The average Bonchev–Trinajstić information content (AvgIpc) is 2.65. The van der Waals surface area contributed by atoms with Gasteiger partial charge in [0.05, 0.1) is 12.7 Å². The van der Waals surface area contributed by atoms with Gasteiger partial charge in [0, 0.05) is 36.8 Å². The van der Waals surface area contributed by atoms with Crippen molar-refractivity contribution in [3.63, 3.8) is 0 Å². The van der Waals surface area contributed by atoms with Crippen LogP contribution in [0.2, 0.25) is 0 Å². The average molecular weight is 388 g/mol. The van der Waals surface area contributed by atoms with Crippen LogP contribution in [0, 0.1) is 11.6 Å². The number of hydrogen-bond acceptors (Lipinski definition) is 3. The molecule has 1 fully saturated rings. The minimum Gasteiger partial charge on any atom is -0.376 e. The van der Waals surface area contributed by atoms with E-state index >= 15 is 0 Å². The smallest absolute Gasteiger partial charge is 0.251 e. The van der Waals surface area contributed by atoms with E-state index in [2.05, 4.69) is 17.1 Å². The molecule has 2 aromatic rings. The zero-order chi connectivity index (χ0) is 20.1. The molecule has 150 valence electrons. The van der Waals surface area contributed by atoms with Crippen LogP contribution in [0.15, 0.2) is 42.5 Å². The fourth-order valence-corrected chi connectivity index (χ4v) is 3.45. The van der Waals surface area contributed by atoms with Crippen LogP contribution in [-0.4, -0.2) is 42.6 Å². The van der Waals surface area contributed by atoms with Crippen molar-refractivity contribution in [1.82, 2.24) is 10.2 Å². The number of benzene rings is 2. The maximum Gasteiger partial charge on any atom is 0.251 e. The molecule has 1 heterocycles. The summed E-state index contributed by atoms with van der Waals surface area (Å²) in [6.07, 6.45) is 0.331. The van der Waals surface area contributed by atoms with Gasteiger partial charge in [0.25, 0.3) is 5.91 Å². The summed E-state index contributed by atoms with van der Waals surface area (Å²) in [5.41, 5.74) is 1.65. The van der Waals surface area contributed by atoms with Crippen LogP contribution in [0.3, 0.4) is 0 Å². The number of rotatable bonds is 6. The Labute approximate surface area is 164 Å². The molecular weight excluding hydrogens is 362 g/mol. The van der Waals surface area contributed by atoms with E-state index in [1.807, 2.05) is 12.1 Å². The molecule has 0 aromatic heterocycles. The number of halogens is 2. The SMILES string of the molecule is CC(Cc1c(F)cccc1F)NC(=O)c1ccc(CN2CCOC(C)C2)cc1. The van der Waals surface area contributed by atoms with Gasteiger partial charge < -0.3 is 10.1 Å². The number of carbonyl (C=O) groups is 1. The maximum atomic E-state index is 13.8. The summed E-state index contributed by atoms with van der Waals surface area (Å²) < 4.78 is 33.1. The summed E-state index contributed by atoms with van der Waals surface area (Å²) in [7, 11) is 0. The highest BCUT2D eigenvalue weighted by molar-refractivity contribution is 5.94. The molecule has 2 aromatic carbocycles. The molecule has 0 aliphatic carbocycles. The standard InChI is InChI=1S/C22H26F2N2O2/c1-15(12-19-20(23)4-3-5-21(19)24)25-22(27)18-8-6-17(7-9-18)14-26-10-11-28-16(2)13-26/h3-9,15-16H,10-14H2,1-2H3,(H,25,27). The molecule has 0 bridgehead atoms. The van der Waals surface area contributed by atoms with Gasteiger partial charge in [-0.1, -0.05) is 18.2 Å². The number of hydrogen-bond donors (Lipinski definition) is 1. The first-order valence-corrected chi connectivity index (χ1v) is 9.59. The third-order valence-electron chi connectivity index (χ3n) is 4.90. The summed E-state index contributed by atoms with van der Waals surface area (Å²) >= 11 is 0. The van der Waals surface area contributed by atoms with E-state index in [1.54, 1.807) is 19.1 Å². The second-order valence-corrected chi connectivity index (χ2v) is 7.39. The Morgan fingerprint density at radius 3 is 2.54 bits per heavy atom. The number of amides is 1. The molecule has 0 radical (unpaired) electrons. The van der Waals surface area contributed by atoms with E-state index < -0.39 is 17.7 Å². The monoisotopic (exact) mass is 388 g/mol. The third kappa shape index (κ3) is 5.36. The lowest BCUT2D eigenvalue weighted by atomic mass is 10.0. The van der Waals surface area contributed by atoms with Crippen molar-refractivity contribution < 1.29 is 18.3 Å². The van der Waals surface area contributed by atoms with E-state index in [-0.39, 0.29) is 24.0 Å². The number of nitrogens with zero attached hydrogens (tertiary/aromatic N) is 1. The van der Waals surface area contributed by atoms with Gasteiger partial charge in [-0.15, -0.1) is 0 Å². The molecule has 0 saturated carbocycles. The van der Waals surface area contributed by atoms with Crippen molar-refractivity contribution in [3.05, 3.63) is 70.8 Å². The van der Waals surface area contributed by atoms with Gasteiger partial charge in [0.15, 0.2) is 0 Å². The maximum absolute atomic E-state index is 13.8. The van der Waals surface area contributed by atoms with Crippen LogP contribution in [0.25, 0.3) is 0 Å². The topological polar surface area (TPSA) is 41.6 Å². The second-order valence-electron chi connectivity index (χ2n) is 7.39. The van der Waals surface area contributed by atoms with Gasteiger partial charge >= 0.3 is 0 Å². The van der Waals surface area contributed by atoms with Crippen molar-refractivity contribution >= 4 is 5.91 Å². The van der Waals surface area contributed by atoms with Crippen LogP contribution in [0.1, 0.15) is 35.3 Å². The molecule has 1 aliphatic heterocycles. The van der Waals surface area contributed by atoms with E-state index in [1.165, 1.54) is 18.2 Å². The molecule has 2 unspecified atom stereocenters. The second kappa shape index (κ2) is 9.26. The van der Waals surface area contributed by atoms with Crippen molar-refractivity contribution in [1.29, 1.82) is 0 Å². The first-order chi connectivity index (χ1) is 13.4. The Kier molecular flexibility index (Phi) is 6.75. The largest absolute Gasteiger partial charge is 0.376 e. The first-order valence-electron chi connectivity index (χ1n) is 9.59. The highest BCUT2D eigenvalue weighted by atomic mass is 19.1. The summed E-state index contributed by atoms with van der Waals surface area (Å²) in [5, 5.41) is 2.81. The molecule has 2 atom stereocenters. The summed E-state index contributed by atoms with van der Waals surface area (Å²) in [5.74, 6) is -1.44. The molecule has 3 rings (SSSR count). The highest BCUT2D eigenvalue weighted by Gasteiger charge is 2.18. The van der Waals surface area contributed by atoms with Gasteiger partial charge in [0.2, 0.25) is 0 Å². The Balaban J connectivity index is 1.55. The van der Waals surface area contributed by atoms with Crippen LogP contribution in [-0.2, 0) is 17.7 Å². The summed E-state index contributed by atoms with van der Waals surface area (Å²) in [6, 6.07) is 10.8. The van der Waals surface area contributed by atoms with Crippen LogP contribution < -0.4 is 5.32 Å². The van der Waals surface area contributed by atoms with Crippen molar-refractivity contribution in [3.8, 4) is 0 Å². The third-order valence-corrected chi connectivity index (χ3v) is 4.90. The van der Waals surface area contributed by atoms with Gasteiger partial charge in [-0.3, -0.25) is 9.69 Å². The fourth-order valence-electron chi connectivity index (χ4n) is 3.45. The number of carbonyl (C=O) groups excluding carboxylic acids is 1. The lowest BCUT2D eigenvalue weighted by Gasteiger charge is -2.31. The molecular formula is C22H26F2N2O2. The molecule has 1 N–H and O–H groups in total. The first kappa shape index (κ1) is 20.4. The van der Waals surface area contributed by atoms with Gasteiger partial charge in [-0.05, 0) is 50.1 Å². The number of ether oxygens (including phenoxy) is 1. The molecule has 1 saturated heterocycles. The predicted molar refractivity (Wildman–Crippen MR) is 104 cm³/mol. The van der Waals surface area contributed by atoms with Crippen LogP contribution in [0.5, 0.6) is 0 Å². The summed E-state index contributed by atoms with van der Waals surface area (Å²) in [6.45, 7) is 7.15. The Morgan fingerprint density at radius 1 is 1.21 bits per heavy atom. The van der Waals surface area contributed by atoms with Crippen LogP contribution in [0.4, 0.5) is 8.78 Å². The molecule has 1 amide bonds. The number of morpholine rings is 1. The predicted octanol–water partition coefficient (Wildman–Crippen LogP) is 3.55. The normalized spacial score (nSPS) is 18.6. The van der Waals surface area contributed by atoms with Gasteiger partial charge in [0.1, 0.15) is 11.6 Å². The van der Waals surface area contributed by atoms with E-state index in [0.717, 1.165) is 31.8 Å². The Bertz CT molecular complexity index is 790. The van der Waals surface area contributed by atoms with Crippen molar-refractivity contribution in [2.45, 2.75) is 39.0 Å². The van der Waals surface area contributed by atoms with Gasteiger partial charge in [-0.2, -0.15) is 0 Å². The molecule has 28 heavy (non-hydrogen) atoms. The Morgan fingerprint density at radius 2 is 1.89 bits per heavy atom. The lowest BCUT2D eigenvalue weighted by molar-refractivity contribution is -0.0212. The zero-order valence-electron chi connectivity index (χ0n) is 16.3. The van der Waals surface area contributed by atoms with Gasteiger partial charge in [-0.25, -0.2) is 8.78 Å². The van der Waals surface area contributed by atoms with Crippen molar-refractivity contribution in [2.24, 2.45) is 0 Å². The number of nitrogens with one attached hydrogen (secondary N) is 1. The molecule has 1 aliphatic rings. The minimum absolute atomic E-state index is 0.00890. The summed E-state index contributed by atoms with van der Waals surface area (Å²) in [4.78, 5) is 14.8. The van der Waals surface area contributed by atoms with E-state index in [9.17, 15) is 13.6 Å². The lowest BCUT2D eigenvalue weighted by Crippen LogP contribution is -2.40. The zero-order valence-corrected chi connectivity index (χ0v) is 16.3. The fraction of sp³-hybridized carbons (Fsp3) is 0.409. The molecule has 6 heteroatoms. The van der Waals surface area contributed by atoms with E-state index in [0.29, 0.717) is 5.56 Å². The quantitative estimate of drug-likeness (QED) is 0.823. The Hall–Kier alpha value is -2.31. The van der Waals surface area contributed by atoms with E-state index in [4.69, 9.17) is 4.74 Å². The molecule has 0 spiro atoms. The van der Waals surface area contributed by atoms with Crippen molar-refractivity contribution in [2.75, 3.05) is 19.7 Å². The highest BCUT2D eigenvalue weighted by Crippen LogP contribution is 2.15. The minimum atomic E-state index is -0.595. The molecule has 4 nitrogen and oxygen atoms in total.